The average Bonchev–Trinajstić information content (AvgIpc) is 3.21. The van der Waals surface area contributed by atoms with Crippen molar-refractivity contribution in [3.63, 3.8) is 0 Å². The molecule has 1 aromatic carbocycles. The van der Waals surface area contributed by atoms with Gasteiger partial charge in [-0.15, -0.1) is 0 Å². The van der Waals surface area contributed by atoms with Crippen molar-refractivity contribution in [2.75, 3.05) is 11.9 Å². The number of unbranched alkanes of at least 4 members (excludes halogenated alkanes) is 1. The second-order valence-electron chi connectivity index (χ2n) is 7.52. The van der Waals surface area contributed by atoms with Gasteiger partial charge in [0.2, 0.25) is 17.7 Å². The van der Waals surface area contributed by atoms with Crippen molar-refractivity contribution in [3.05, 3.63) is 28.8 Å². The van der Waals surface area contributed by atoms with E-state index in [4.69, 9.17) is 11.6 Å². The van der Waals surface area contributed by atoms with Gasteiger partial charge in [0.25, 0.3) is 0 Å². The lowest BCUT2D eigenvalue weighted by Gasteiger charge is -2.30. The molecule has 1 aromatic rings. The summed E-state index contributed by atoms with van der Waals surface area (Å²) in [5.74, 6) is -2.79. The first-order valence-corrected chi connectivity index (χ1v) is 9.63. The summed E-state index contributed by atoms with van der Waals surface area (Å²) in [7, 11) is 0. The van der Waals surface area contributed by atoms with Crippen molar-refractivity contribution < 1.29 is 19.5 Å². The summed E-state index contributed by atoms with van der Waals surface area (Å²) in [5.41, 5.74) is -0.397. The molecular formula is C19H22ClN3O4. The molecule has 0 aromatic heterocycles. The number of likely N-dealkylation sites (tertiary alicyclic amines) is 1. The van der Waals surface area contributed by atoms with Crippen LogP contribution in [0.1, 0.15) is 32.3 Å². The van der Waals surface area contributed by atoms with E-state index in [2.05, 4.69) is 10.6 Å². The molecule has 0 aliphatic carbocycles. The van der Waals surface area contributed by atoms with Crippen molar-refractivity contribution in [1.82, 2.24) is 10.2 Å². The molecule has 27 heavy (non-hydrogen) atoms. The van der Waals surface area contributed by atoms with E-state index in [0.29, 0.717) is 29.2 Å². The maximum atomic E-state index is 13.2. The number of rotatable bonds is 4. The first-order valence-electron chi connectivity index (χ1n) is 9.26. The number of carbonyl (C=O) groups excluding carboxylic acids is 3. The summed E-state index contributed by atoms with van der Waals surface area (Å²) in [5, 5.41) is 16.6. The largest absolute Gasteiger partial charge is 0.392 e. The molecule has 5 atom stereocenters. The van der Waals surface area contributed by atoms with Gasteiger partial charge in [0.15, 0.2) is 0 Å². The van der Waals surface area contributed by atoms with E-state index in [1.165, 1.54) is 4.90 Å². The quantitative estimate of drug-likeness (QED) is 0.671. The van der Waals surface area contributed by atoms with Crippen molar-refractivity contribution in [1.29, 1.82) is 0 Å². The van der Waals surface area contributed by atoms with E-state index in [0.717, 1.165) is 6.42 Å². The van der Waals surface area contributed by atoms with Crippen molar-refractivity contribution in [2.45, 2.75) is 44.4 Å². The molecule has 3 aliphatic heterocycles. The van der Waals surface area contributed by atoms with Crippen molar-refractivity contribution in [2.24, 2.45) is 11.8 Å². The zero-order valence-electron chi connectivity index (χ0n) is 15.2. The maximum Gasteiger partial charge on any atom is 0.250 e. The fourth-order valence-corrected chi connectivity index (χ4v) is 4.96. The van der Waals surface area contributed by atoms with Gasteiger partial charge in [-0.1, -0.05) is 37.1 Å². The zero-order chi connectivity index (χ0) is 19.5. The van der Waals surface area contributed by atoms with E-state index in [1.807, 2.05) is 6.92 Å². The van der Waals surface area contributed by atoms with Crippen LogP contribution in [0.2, 0.25) is 5.02 Å². The van der Waals surface area contributed by atoms with Crippen LogP contribution in [0.5, 0.6) is 0 Å². The van der Waals surface area contributed by atoms with Crippen LogP contribution in [0.4, 0.5) is 5.69 Å². The van der Waals surface area contributed by atoms with E-state index in [1.54, 1.807) is 25.1 Å². The lowest BCUT2D eigenvalue weighted by molar-refractivity contribution is -0.143. The molecule has 0 unspecified atom stereocenters. The summed E-state index contributed by atoms with van der Waals surface area (Å²) in [4.78, 5) is 40.6. The molecule has 4 rings (SSSR count). The van der Waals surface area contributed by atoms with Crippen LogP contribution in [-0.2, 0) is 19.9 Å². The number of hydrogen-bond acceptors (Lipinski definition) is 5. The number of aliphatic hydroxyl groups is 1. The van der Waals surface area contributed by atoms with Gasteiger partial charge in [-0.3, -0.25) is 24.6 Å². The maximum absolute atomic E-state index is 13.2. The Bertz CT molecular complexity index is 842. The summed E-state index contributed by atoms with van der Waals surface area (Å²) in [6, 6.07) is 4.41. The number of carbonyl (C=O) groups is 3. The van der Waals surface area contributed by atoms with Gasteiger partial charge in [-0.05, 0) is 19.4 Å². The first-order chi connectivity index (χ1) is 12.8. The molecule has 0 bridgehead atoms. The smallest absolute Gasteiger partial charge is 0.250 e. The molecule has 3 aliphatic rings. The van der Waals surface area contributed by atoms with Crippen molar-refractivity contribution >= 4 is 35.0 Å². The van der Waals surface area contributed by atoms with Gasteiger partial charge in [0.05, 0.1) is 28.6 Å². The van der Waals surface area contributed by atoms with Gasteiger partial charge in [0, 0.05) is 18.2 Å². The van der Waals surface area contributed by atoms with Gasteiger partial charge < -0.3 is 10.4 Å². The Morgan fingerprint density at radius 1 is 1.30 bits per heavy atom. The number of halogens is 1. The second-order valence-corrected chi connectivity index (χ2v) is 7.93. The van der Waals surface area contributed by atoms with E-state index < -0.39 is 35.4 Å². The second kappa shape index (κ2) is 6.29. The highest BCUT2D eigenvalue weighted by molar-refractivity contribution is 6.35. The van der Waals surface area contributed by atoms with Crippen LogP contribution in [-0.4, -0.2) is 46.4 Å². The molecule has 1 spiro atoms. The molecule has 0 radical (unpaired) electrons. The van der Waals surface area contributed by atoms with Crippen LogP contribution >= 0.6 is 11.6 Å². The summed E-state index contributed by atoms with van der Waals surface area (Å²) >= 11 is 6.25. The molecule has 0 saturated carbocycles. The van der Waals surface area contributed by atoms with Gasteiger partial charge in [0.1, 0.15) is 5.54 Å². The van der Waals surface area contributed by atoms with Gasteiger partial charge >= 0.3 is 0 Å². The molecule has 3 amide bonds. The molecule has 8 heteroatoms. The lowest BCUT2D eigenvalue weighted by atomic mass is 9.76. The minimum Gasteiger partial charge on any atom is -0.392 e. The summed E-state index contributed by atoms with van der Waals surface area (Å²) in [6.45, 7) is 3.87. The predicted molar refractivity (Wildman–Crippen MR) is 99.0 cm³/mol. The molecule has 3 heterocycles. The lowest BCUT2D eigenvalue weighted by Crippen LogP contribution is -2.54. The zero-order valence-corrected chi connectivity index (χ0v) is 15.9. The molecule has 7 nitrogen and oxygen atoms in total. The molecule has 144 valence electrons. The van der Waals surface area contributed by atoms with Crippen LogP contribution in [0.25, 0.3) is 0 Å². The minimum absolute atomic E-state index is 0.322. The number of amides is 3. The monoisotopic (exact) mass is 391 g/mol. The number of nitrogens with one attached hydrogen (secondary N) is 2. The number of anilines is 1. The third-order valence-electron chi connectivity index (χ3n) is 5.98. The van der Waals surface area contributed by atoms with E-state index in [-0.39, 0.29) is 11.8 Å². The Morgan fingerprint density at radius 3 is 2.70 bits per heavy atom. The topological polar surface area (TPSA) is 98.7 Å². The fourth-order valence-electron chi connectivity index (χ4n) is 4.73. The fraction of sp³-hybridized carbons (Fsp3) is 0.526. The normalized spacial score (nSPS) is 32.8. The Balaban J connectivity index is 1.87. The average molecular weight is 392 g/mol. The van der Waals surface area contributed by atoms with Crippen LogP contribution in [0.15, 0.2) is 18.2 Å². The molecule has 2 saturated heterocycles. The molecular weight excluding hydrogens is 370 g/mol. The Kier molecular flexibility index (Phi) is 4.29. The molecule has 2 fully saturated rings. The molecule has 3 N–H and O–H groups in total. The SMILES string of the molecule is CCCCN1C(=O)[C@@H]2[C@@H]([C@@H](C)O)N[C@@]3(C(=O)Nc4c(Cl)cccc43)[C@@H]2C1=O. The minimum atomic E-state index is -1.40. The number of para-hydroxylation sites is 1. The summed E-state index contributed by atoms with van der Waals surface area (Å²) < 4.78 is 0. The standard InChI is InChI=1S/C19H22ClN3O4/c1-3-4-8-23-16(25)12-13(17(23)26)19(22-14(12)9(2)24)10-6-5-7-11(20)15(10)21-18(19)27/h5-7,9,12-14,22,24H,3-4,8H2,1-2H3,(H,21,27)/t9-,12+,13+,14-,19-/m1/s1. The van der Waals surface area contributed by atoms with Crippen LogP contribution < -0.4 is 10.6 Å². The third-order valence-corrected chi connectivity index (χ3v) is 6.30. The highest BCUT2D eigenvalue weighted by Crippen LogP contribution is 2.54. The van der Waals surface area contributed by atoms with Crippen LogP contribution in [0, 0.1) is 11.8 Å². The van der Waals surface area contributed by atoms with E-state index in [9.17, 15) is 19.5 Å². The first kappa shape index (κ1) is 18.4. The number of imide groups is 1. The van der Waals surface area contributed by atoms with Gasteiger partial charge in [-0.2, -0.15) is 0 Å². The number of benzene rings is 1. The van der Waals surface area contributed by atoms with Crippen molar-refractivity contribution in [3.8, 4) is 0 Å². The highest BCUT2D eigenvalue weighted by atomic mass is 35.5. The Morgan fingerprint density at radius 2 is 2.04 bits per heavy atom. The number of nitrogens with zero attached hydrogens (tertiary/aromatic N) is 1. The summed E-state index contributed by atoms with van der Waals surface area (Å²) in [6.07, 6.45) is 0.635. The number of hydrogen-bond donors (Lipinski definition) is 3. The number of fused-ring (bicyclic) bond motifs is 4. The Hall–Kier alpha value is -1.96. The highest BCUT2D eigenvalue weighted by Gasteiger charge is 2.71. The van der Waals surface area contributed by atoms with E-state index >= 15 is 0 Å². The predicted octanol–water partition coefficient (Wildman–Crippen LogP) is 1.24. The Labute approximate surface area is 162 Å². The van der Waals surface area contributed by atoms with Crippen LogP contribution in [0.3, 0.4) is 0 Å². The van der Waals surface area contributed by atoms with Gasteiger partial charge in [-0.25, -0.2) is 0 Å². The third kappa shape index (κ3) is 2.31. The number of aliphatic hydroxyl groups excluding tert-OH is 1.